The van der Waals surface area contributed by atoms with Gasteiger partial charge >= 0.3 is 12.2 Å². The van der Waals surface area contributed by atoms with E-state index in [-0.39, 0.29) is 23.6 Å². The van der Waals surface area contributed by atoms with Crippen LogP contribution in [0.1, 0.15) is 11.7 Å². The second kappa shape index (κ2) is 7.73. The second-order valence-corrected chi connectivity index (χ2v) is 4.92. The number of nitrogens with one attached hydrogen (secondary N) is 2. The molecular weight excluding hydrogens is 332 g/mol. The molecule has 0 radical (unpaired) electrons. The highest BCUT2D eigenvalue weighted by molar-refractivity contribution is 5.70. The van der Waals surface area contributed by atoms with Crippen LogP contribution in [-0.2, 0) is 0 Å². The fourth-order valence-electron chi connectivity index (χ4n) is 2.18. The second-order valence-electron chi connectivity index (χ2n) is 4.92. The van der Waals surface area contributed by atoms with E-state index in [1.165, 1.54) is 12.1 Å². The number of pyridine rings is 1. The molecule has 1 aromatic heterocycles. The topological polar surface area (TPSA) is 155 Å². The summed E-state index contributed by atoms with van der Waals surface area (Å²) in [6.07, 6.45) is -2.71. The van der Waals surface area contributed by atoms with Gasteiger partial charge < -0.3 is 20.8 Å². The summed E-state index contributed by atoms with van der Waals surface area (Å²) in [5, 5.41) is 33.0. The van der Waals surface area contributed by atoms with Gasteiger partial charge in [-0.2, -0.15) is 0 Å². The highest BCUT2D eigenvalue weighted by Crippen LogP contribution is 2.29. The maximum Gasteiger partial charge on any atom is 0.405 e. The number of benzene rings is 1. The van der Waals surface area contributed by atoms with Crippen molar-refractivity contribution in [3.05, 3.63) is 58.3 Å². The van der Waals surface area contributed by atoms with Gasteiger partial charge in [-0.15, -0.1) is 0 Å². The molecule has 0 saturated carbocycles. The third kappa shape index (κ3) is 4.64. The number of nitro groups is 1. The number of aromatic nitrogens is 1. The maximum atomic E-state index is 11.2. The van der Waals surface area contributed by atoms with Gasteiger partial charge in [0.15, 0.2) is 0 Å². The lowest BCUT2D eigenvalue weighted by Gasteiger charge is -2.17. The van der Waals surface area contributed by atoms with Crippen LogP contribution in [0, 0.1) is 10.1 Å². The van der Waals surface area contributed by atoms with Gasteiger partial charge in [0.25, 0.3) is 5.69 Å². The van der Waals surface area contributed by atoms with Crippen LogP contribution in [-0.4, -0.2) is 38.9 Å². The summed E-state index contributed by atoms with van der Waals surface area (Å²) in [6, 6.07) is 9.87. The number of amides is 2. The van der Waals surface area contributed by atoms with E-state index in [0.29, 0.717) is 5.56 Å². The molecule has 0 aliphatic heterocycles. The Hall–Kier alpha value is -3.69. The van der Waals surface area contributed by atoms with Crippen LogP contribution in [0.25, 0.3) is 11.3 Å². The smallest absolute Gasteiger partial charge is 0.405 e. The zero-order valence-corrected chi connectivity index (χ0v) is 12.7. The molecule has 4 N–H and O–H groups in total. The van der Waals surface area contributed by atoms with E-state index < -0.39 is 23.2 Å². The molecule has 2 aromatic rings. The Kier molecular flexibility index (Phi) is 5.46. The average molecular weight is 346 g/mol. The fraction of sp³-hybridized carbons (Fsp3) is 0.133. The van der Waals surface area contributed by atoms with Crippen molar-refractivity contribution < 1.29 is 24.7 Å². The van der Waals surface area contributed by atoms with Crippen LogP contribution in [0.5, 0.6) is 0 Å². The highest BCUT2D eigenvalue weighted by atomic mass is 16.6. The average Bonchev–Trinajstić information content (AvgIpc) is 2.58. The van der Waals surface area contributed by atoms with Gasteiger partial charge in [-0.25, -0.2) is 14.6 Å². The standard InChI is InChI=1S/C15H14N4O6/c20-14(21)16-8-11(18-15(22)23)10-6-7-12(19(24)25)13(17-10)9-4-2-1-3-5-9/h1-7,11,16,18H,8H2,(H,20,21)(H,22,23). The molecule has 0 spiro atoms. The lowest BCUT2D eigenvalue weighted by molar-refractivity contribution is -0.384. The minimum atomic E-state index is -1.38. The SMILES string of the molecule is O=C(O)NCC(NC(=O)O)c1ccc([N+](=O)[O-])c(-c2ccccc2)n1. The first-order valence-corrected chi connectivity index (χ1v) is 7.05. The minimum absolute atomic E-state index is 0.0654. The van der Waals surface area contributed by atoms with Gasteiger partial charge in [0.1, 0.15) is 5.69 Å². The molecule has 0 fully saturated rings. The molecule has 0 saturated heterocycles. The summed E-state index contributed by atoms with van der Waals surface area (Å²) in [5.41, 5.74) is 0.461. The van der Waals surface area contributed by atoms with Crippen molar-refractivity contribution in [1.29, 1.82) is 0 Å². The zero-order valence-electron chi connectivity index (χ0n) is 12.7. The van der Waals surface area contributed by atoms with E-state index in [2.05, 4.69) is 15.6 Å². The fourth-order valence-corrected chi connectivity index (χ4v) is 2.18. The molecule has 0 bridgehead atoms. The zero-order chi connectivity index (χ0) is 18.4. The van der Waals surface area contributed by atoms with Crippen LogP contribution in [0.15, 0.2) is 42.5 Å². The molecule has 0 aliphatic carbocycles. The van der Waals surface area contributed by atoms with Crippen molar-refractivity contribution in [2.24, 2.45) is 0 Å². The molecule has 0 aliphatic rings. The highest BCUT2D eigenvalue weighted by Gasteiger charge is 2.22. The van der Waals surface area contributed by atoms with Crippen molar-refractivity contribution in [2.45, 2.75) is 6.04 Å². The van der Waals surface area contributed by atoms with Crippen LogP contribution < -0.4 is 10.6 Å². The molecule has 2 rings (SSSR count). The predicted molar refractivity (Wildman–Crippen MR) is 86.3 cm³/mol. The summed E-state index contributed by atoms with van der Waals surface area (Å²) in [4.78, 5) is 36.4. The summed E-state index contributed by atoms with van der Waals surface area (Å²) < 4.78 is 0. The number of hydrogen-bond acceptors (Lipinski definition) is 5. The molecule has 1 heterocycles. The van der Waals surface area contributed by atoms with Crippen molar-refractivity contribution in [1.82, 2.24) is 15.6 Å². The van der Waals surface area contributed by atoms with Crippen molar-refractivity contribution in [3.8, 4) is 11.3 Å². The molecule has 25 heavy (non-hydrogen) atoms. The molecule has 1 aromatic carbocycles. The van der Waals surface area contributed by atoms with Crippen molar-refractivity contribution in [3.63, 3.8) is 0 Å². The monoisotopic (exact) mass is 346 g/mol. The van der Waals surface area contributed by atoms with Gasteiger partial charge in [0.05, 0.1) is 16.7 Å². The number of hydrogen-bond donors (Lipinski definition) is 4. The van der Waals surface area contributed by atoms with Crippen LogP contribution >= 0.6 is 0 Å². The molecule has 1 unspecified atom stereocenters. The Bertz CT molecular complexity index is 796. The lowest BCUT2D eigenvalue weighted by atomic mass is 10.1. The van der Waals surface area contributed by atoms with E-state index in [1.54, 1.807) is 30.3 Å². The van der Waals surface area contributed by atoms with Crippen LogP contribution in [0.2, 0.25) is 0 Å². The van der Waals surface area contributed by atoms with E-state index in [1.807, 2.05) is 0 Å². The lowest BCUT2D eigenvalue weighted by Crippen LogP contribution is -2.37. The third-order valence-corrected chi connectivity index (χ3v) is 3.25. The van der Waals surface area contributed by atoms with Gasteiger partial charge in [-0.1, -0.05) is 30.3 Å². The predicted octanol–water partition coefficient (Wildman–Crippen LogP) is 2.23. The van der Waals surface area contributed by atoms with Crippen molar-refractivity contribution >= 4 is 17.9 Å². The molecule has 10 heteroatoms. The summed E-state index contributed by atoms with van der Waals surface area (Å²) in [7, 11) is 0. The maximum absolute atomic E-state index is 11.2. The Morgan fingerprint density at radius 3 is 2.36 bits per heavy atom. The number of carboxylic acid groups (broad SMARTS) is 2. The summed E-state index contributed by atoms with van der Waals surface area (Å²) in [5.74, 6) is 0. The Morgan fingerprint density at radius 2 is 1.80 bits per heavy atom. The first-order valence-electron chi connectivity index (χ1n) is 7.05. The first kappa shape index (κ1) is 17.7. The Balaban J connectivity index is 2.47. The van der Waals surface area contributed by atoms with E-state index >= 15 is 0 Å². The van der Waals surface area contributed by atoms with Crippen LogP contribution in [0.4, 0.5) is 15.3 Å². The normalized spacial score (nSPS) is 11.4. The minimum Gasteiger partial charge on any atom is -0.465 e. The van der Waals surface area contributed by atoms with Gasteiger partial charge in [0, 0.05) is 18.2 Å². The molecule has 10 nitrogen and oxygen atoms in total. The largest absolute Gasteiger partial charge is 0.465 e. The van der Waals surface area contributed by atoms with E-state index in [4.69, 9.17) is 10.2 Å². The van der Waals surface area contributed by atoms with Gasteiger partial charge in [-0.05, 0) is 6.07 Å². The number of rotatable bonds is 6. The number of carbonyl (C=O) groups is 2. The van der Waals surface area contributed by atoms with Crippen LogP contribution in [0.3, 0.4) is 0 Å². The molecular formula is C15H14N4O6. The van der Waals surface area contributed by atoms with E-state index in [0.717, 1.165) is 0 Å². The third-order valence-electron chi connectivity index (χ3n) is 3.25. The summed E-state index contributed by atoms with van der Waals surface area (Å²) in [6.45, 7) is -0.277. The molecule has 2 amide bonds. The molecule has 130 valence electrons. The van der Waals surface area contributed by atoms with Gasteiger partial charge in [-0.3, -0.25) is 10.1 Å². The van der Waals surface area contributed by atoms with Crippen molar-refractivity contribution in [2.75, 3.05) is 6.54 Å². The quantitative estimate of drug-likeness (QED) is 0.461. The number of nitrogens with zero attached hydrogens (tertiary/aromatic N) is 2. The molecule has 1 atom stereocenters. The Labute approximate surface area is 141 Å². The first-order chi connectivity index (χ1) is 11.9. The van der Waals surface area contributed by atoms with E-state index in [9.17, 15) is 19.7 Å². The Morgan fingerprint density at radius 1 is 1.12 bits per heavy atom. The summed E-state index contributed by atoms with van der Waals surface area (Å²) >= 11 is 0. The van der Waals surface area contributed by atoms with Gasteiger partial charge in [0.2, 0.25) is 0 Å².